The van der Waals surface area contributed by atoms with Crippen molar-refractivity contribution >= 4 is 17.2 Å². The molecule has 2 heterocycles. The molecule has 5 heteroatoms. The lowest BCUT2D eigenvalue weighted by Gasteiger charge is -2.33. The minimum absolute atomic E-state index is 0.149. The van der Waals surface area contributed by atoms with Gasteiger partial charge in [-0.15, -0.1) is 11.3 Å². The van der Waals surface area contributed by atoms with Crippen LogP contribution in [0.3, 0.4) is 0 Å². The Kier molecular flexibility index (Phi) is 5.21. The molecule has 29 heavy (non-hydrogen) atoms. The van der Waals surface area contributed by atoms with Gasteiger partial charge in [-0.25, -0.2) is 4.98 Å². The second-order valence-corrected chi connectivity index (χ2v) is 10.4. The molecule has 1 amide bonds. The highest BCUT2D eigenvalue weighted by atomic mass is 32.1. The van der Waals surface area contributed by atoms with Crippen molar-refractivity contribution in [1.82, 2.24) is 15.2 Å². The van der Waals surface area contributed by atoms with Crippen LogP contribution >= 0.6 is 11.3 Å². The molecule has 3 fully saturated rings. The van der Waals surface area contributed by atoms with E-state index in [1.165, 1.54) is 36.3 Å². The number of benzene rings is 1. The topological polar surface area (TPSA) is 45.2 Å². The number of amides is 1. The summed E-state index contributed by atoms with van der Waals surface area (Å²) in [6, 6.07) is 10.8. The van der Waals surface area contributed by atoms with Gasteiger partial charge in [-0.2, -0.15) is 0 Å². The highest BCUT2D eigenvalue weighted by molar-refractivity contribution is 7.09. The molecule has 2 saturated carbocycles. The largest absolute Gasteiger partial charge is 0.355 e. The lowest BCUT2D eigenvalue weighted by molar-refractivity contribution is -0.123. The zero-order valence-electron chi connectivity index (χ0n) is 17.1. The van der Waals surface area contributed by atoms with Crippen LogP contribution in [0, 0.1) is 11.3 Å². The SMILES string of the molecule is O=C(NCC1(c2ccccc2)CCCC1)C1CC12CCN(Cc1nccs1)CC2. The number of aromatic nitrogens is 1. The van der Waals surface area contributed by atoms with Crippen LogP contribution in [0.1, 0.15) is 55.5 Å². The van der Waals surface area contributed by atoms with Crippen molar-refractivity contribution < 1.29 is 4.79 Å². The summed E-state index contributed by atoms with van der Waals surface area (Å²) in [5.74, 6) is 0.541. The number of thiazole rings is 1. The van der Waals surface area contributed by atoms with Crippen LogP contribution in [-0.2, 0) is 16.8 Å². The first-order chi connectivity index (χ1) is 14.2. The van der Waals surface area contributed by atoms with Gasteiger partial charge in [0.2, 0.25) is 5.91 Å². The van der Waals surface area contributed by atoms with Crippen LogP contribution in [0.25, 0.3) is 0 Å². The number of rotatable bonds is 6. The zero-order valence-corrected chi connectivity index (χ0v) is 17.9. The van der Waals surface area contributed by atoms with Gasteiger partial charge in [0, 0.05) is 29.5 Å². The van der Waals surface area contributed by atoms with Crippen LogP contribution < -0.4 is 5.32 Å². The van der Waals surface area contributed by atoms with E-state index in [0.29, 0.717) is 5.91 Å². The summed E-state index contributed by atoms with van der Waals surface area (Å²) in [6.45, 7) is 3.96. The second kappa shape index (κ2) is 7.84. The van der Waals surface area contributed by atoms with Crippen molar-refractivity contribution in [2.24, 2.45) is 11.3 Å². The minimum Gasteiger partial charge on any atom is -0.355 e. The Balaban J connectivity index is 1.15. The van der Waals surface area contributed by atoms with Crippen molar-refractivity contribution in [3.63, 3.8) is 0 Å². The summed E-state index contributed by atoms with van der Waals surface area (Å²) in [6.07, 6.45) is 10.2. The van der Waals surface area contributed by atoms with E-state index in [-0.39, 0.29) is 16.7 Å². The third-order valence-electron chi connectivity index (χ3n) is 7.75. The molecule has 1 spiro atoms. The maximum atomic E-state index is 13.0. The fraction of sp³-hybridized carbons (Fsp3) is 0.583. The molecule has 2 aliphatic carbocycles. The van der Waals surface area contributed by atoms with Gasteiger partial charge in [0.15, 0.2) is 0 Å². The normalized spacial score (nSPS) is 25.2. The van der Waals surface area contributed by atoms with Gasteiger partial charge >= 0.3 is 0 Å². The Morgan fingerprint density at radius 2 is 1.90 bits per heavy atom. The first kappa shape index (κ1) is 19.3. The van der Waals surface area contributed by atoms with Crippen molar-refractivity contribution in [2.45, 2.75) is 56.9 Å². The van der Waals surface area contributed by atoms with E-state index in [9.17, 15) is 4.79 Å². The van der Waals surface area contributed by atoms with Crippen molar-refractivity contribution in [1.29, 1.82) is 0 Å². The quantitative estimate of drug-likeness (QED) is 0.770. The highest BCUT2D eigenvalue weighted by Crippen LogP contribution is 2.59. The average molecular weight is 410 g/mol. The number of likely N-dealkylation sites (tertiary alicyclic amines) is 1. The standard InChI is InChI=1S/C24H31N3OS/c28-22(26-18-24(8-4-5-9-24)19-6-2-1-3-7-19)20-16-23(20)10-13-27(14-11-23)17-21-25-12-15-29-21/h1-3,6-7,12,15,20H,4-5,8-11,13-14,16-18H2,(H,26,28). The maximum Gasteiger partial charge on any atom is 0.223 e. The van der Waals surface area contributed by atoms with E-state index >= 15 is 0 Å². The van der Waals surface area contributed by atoms with Crippen molar-refractivity contribution in [2.75, 3.05) is 19.6 Å². The molecule has 1 N–H and O–H groups in total. The predicted octanol–water partition coefficient (Wildman–Crippen LogP) is 4.37. The van der Waals surface area contributed by atoms with Crippen LogP contribution in [0.5, 0.6) is 0 Å². The van der Waals surface area contributed by atoms with E-state index < -0.39 is 0 Å². The van der Waals surface area contributed by atoms with Gasteiger partial charge in [0.05, 0.1) is 6.54 Å². The van der Waals surface area contributed by atoms with E-state index in [2.05, 4.69) is 50.9 Å². The number of nitrogens with zero attached hydrogens (tertiary/aromatic N) is 2. The monoisotopic (exact) mass is 409 g/mol. The predicted molar refractivity (Wildman–Crippen MR) is 117 cm³/mol. The van der Waals surface area contributed by atoms with Gasteiger partial charge in [-0.05, 0) is 56.2 Å². The first-order valence-electron chi connectivity index (χ1n) is 11.1. The summed E-state index contributed by atoms with van der Waals surface area (Å²) in [7, 11) is 0. The Morgan fingerprint density at radius 3 is 2.59 bits per heavy atom. The molecule has 1 unspecified atom stereocenters. The molecule has 154 valence electrons. The van der Waals surface area contributed by atoms with Crippen LogP contribution in [0.2, 0.25) is 0 Å². The summed E-state index contributed by atoms with van der Waals surface area (Å²) in [5, 5.41) is 6.64. The second-order valence-electron chi connectivity index (χ2n) is 9.39. The Hall–Kier alpha value is -1.72. The fourth-order valence-electron chi connectivity index (χ4n) is 5.74. The molecule has 1 aromatic carbocycles. The highest BCUT2D eigenvalue weighted by Gasteiger charge is 2.58. The summed E-state index contributed by atoms with van der Waals surface area (Å²) >= 11 is 1.74. The molecule has 1 aromatic heterocycles. The summed E-state index contributed by atoms with van der Waals surface area (Å²) in [4.78, 5) is 19.9. The van der Waals surface area contributed by atoms with E-state index in [1.54, 1.807) is 11.3 Å². The van der Waals surface area contributed by atoms with Gasteiger partial charge in [-0.1, -0.05) is 43.2 Å². The van der Waals surface area contributed by atoms with E-state index in [1.807, 2.05) is 6.20 Å². The van der Waals surface area contributed by atoms with Crippen molar-refractivity contribution in [3.05, 3.63) is 52.5 Å². The smallest absolute Gasteiger partial charge is 0.223 e. The molecule has 4 nitrogen and oxygen atoms in total. The van der Waals surface area contributed by atoms with Gasteiger partial charge < -0.3 is 5.32 Å². The lowest BCUT2D eigenvalue weighted by Crippen LogP contribution is -2.41. The number of hydrogen-bond acceptors (Lipinski definition) is 4. The fourth-order valence-corrected chi connectivity index (χ4v) is 6.40. The molecular weight excluding hydrogens is 378 g/mol. The van der Waals surface area contributed by atoms with Gasteiger partial charge in [-0.3, -0.25) is 9.69 Å². The summed E-state index contributed by atoms with van der Waals surface area (Å²) < 4.78 is 0. The van der Waals surface area contributed by atoms with Crippen LogP contribution in [-0.4, -0.2) is 35.4 Å². The van der Waals surface area contributed by atoms with Gasteiger partial charge in [0.25, 0.3) is 0 Å². The Labute approximate surface area is 177 Å². The molecular formula is C24H31N3OS. The van der Waals surface area contributed by atoms with Gasteiger partial charge in [0.1, 0.15) is 5.01 Å². The minimum atomic E-state index is 0.149. The first-order valence-corrected chi connectivity index (χ1v) is 12.0. The number of carbonyl (C=O) groups is 1. The lowest BCUT2D eigenvalue weighted by atomic mass is 9.78. The molecule has 2 aromatic rings. The molecule has 0 radical (unpaired) electrons. The molecule has 0 bridgehead atoms. The van der Waals surface area contributed by atoms with E-state index in [4.69, 9.17) is 0 Å². The molecule has 1 saturated heterocycles. The van der Waals surface area contributed by atoms with Crippen LogP contribution in [0.15, 0.2) is 41.9 Å². The molecule has 3 aliphatic rings. The van der Waals surface area contributed by atoms with Crippen LogP contribution in [0.4, 0.5) is 0 Å². The molecule has 5 rings (SSSR count). The number of carbonyl (C=O) groups excluding carboxylic acids is 1. The number of hydrogen-bond donors (Lipinski definition) is 1. The third-order valence-corrected chi connectivity index (χ3v) is 8.51. The van der Waals surface area contributed by atoms with Crippen molar-refractivity contribution in [3.8, 4) is 0 Å². The van der Waals surface area contributed by atoms with E-state index in [0.717, 1.165) is 45.4 Å². The summed E-state index contributed by atoms with van der Waals surface area (Å²) in [5.41, 5.74) is 1.83. The maximum absolute atomic E-state index is 13.0. The third kappa shape index (κ3) is 3.87. The number of nitrogens with one attached hydrogen (secondary N) is 1. The Morgan fingerprint density at radius 1 is 1.14 bits per heavy atom. The average Bonchev–Trinajstić information content (AvgIpc) is 3.12. The number of piperidine rings is 1. The zero-order chi connectivity index (χ0) is 19.7. The Bertz CT molecular complexity index is 821. The molecule has 1 atom stereocenters. The molecule has 1 aliphatic heterocycles.